The van der Waals surface area contributed by atoms with Crippen LogP contribution in [-0.2, 0) is 9.84 Å². The van der Waals surface area contributed by atoms with E-state index >= 15 is 0 Å². The number of hydrogen-bond donors (Lipinski definition) is 1. The minimum Gasteiger partial charge on any atom is -0.490 e. The molecule has 1 N–H and O–H groups in total. The zero-order chi connectivity index (χ0) is 21.8. The first-order chi connectivity index (χ1) is 14.9. The third-order valence-electron chi connectivity index (χ3n) is 5.11. The summed E-state index contributed by atoms with van der Waals surface area (Å²) in [4.78, 5) is 16.4. The molecule has 6 nitrogen and oxygen atoms in total. The Bertz CT molecular complexity index is 1190. The molecule has 8 heteroatoms. The fourth-order valence-electron chi connectivity index (χ4n) is 3.49. The lowest BCUT2D eigenvalue weighted by Crippen LogP contribution is -2.15. The van der Waals surface area contributed by atoms with E-state index in [1.165, 1.54) is 48.7 Å². The van der Waals surface area contributed by atoms with Crippen LogP contribution in [-0.4, -0.2) is 25.4 Å². The molecule has 3 aromatic rings. The van der Waals surface area contributed by atoms with Crippen molar-refractivity contribution >= 4 is 21.4 Å². The Morgan fingerprint density at radius 2 is 1.84 bits per heavy atom. The van der Waals surface area contributed by atoms with E-state index in [4.69, 9.17) is 4.74 Å². The van der Waals surface area contributed by atoms with Gasteiger partial charge in [0.25, 0.3) is 5.91 Å². The molecule has 0 atom stereocenters. The van der Waals surface area contributed by atoms with Gasteiger partial charge in [0, 0.05) is 17.8 Å². The molecule has 2 aromatic carbocycles. The molecular formula is C23H21FN2O4S. The Labute approximate surface area is 180 Å². The number of nitrogens with zero attached hydrogens (tertiary/aromatic N) is 1. The molecule has 0 saturated heterocycles. The summed E-state index contributed by atoms with van der Waals surface area (Å²) in [6, 6.07) is 14.4. The van der Waals surface area contributed by atoms with Crippen LogP contribution in [0, 0.1) is 5.82 Å². The molecule has 31 heavy (non-hydrogen) atoms. The average Bonchev–Trinajstić information content (AvgIpc) is 3.29. The zero-order valence-electron chi connectivity index (χ0n) is 16.6. The lowest BCUT2D eigenvalue weighted by Gasteiger charge is -2.14. The molecule has 1 amide bonds. The van der Waals surface area contributed by atoms with Gasteiger partial charge in [-0.2, -0.15) is 0 Å². The summed E-state index contributed by atoms with van der Waals surface area (Å²) < 4.78 is 45.7. The highest BCUT2D eigenvalue weighted by Crippen LogP contribution is 2.27. The maximum Gasteiger partial charge on any atom is 0.255 e. The van der Waals surface area contributed by atoms with Crippen LogP contribution in [0.1, 0.15) is 36.0 Å². The third-order valence-corrected chi connectivity index (χ3v) is 6.78. The van der Waals surface area contributed by atoms with E-state index in [9.17, 15) is 17.6 Å². The van der Waals surface area contributed by atoms with Crippen molar-refractivity contribution in [2.45, 2.75) is 41.7 Å². The number of amides is 1. The molecule has 0 spiro atoms. The first kappa shape index (κ1) is 21.0. The Morgan fingerprint density at radius 1 is 1.03 bits per heavy atom. The smallest absolute Gasteiger partial charge is 0.255 e. The Morgan fingerprint density at radius 3 is 2.55 bits per heavy atom. The molecule has 0 radical (unpaired) electrons. The molecule has 1 heterocycles. The second kappa shape index (κ2) is 8.85. The number of carbonyl (C=O) groups is 1. The molecule has 160 valence electrons. The number of anilines is 1. The average molecular weight is 440 g/mol. The molecule has 1 aromatic heterocycles. The predicted molar refractivity (Wildman–Crippen MR) is 113 cm³/mol. The molecule has 1 fully saturated rings. The van der Waals surface area contributed by atoms with E-state index in [-0.39, 0.29) is 27.3 Å². The van der Waals surface area contributed by atoms with Gasteiger partial charge in [-0.05, 0) is 68.1 Å². The number of carbonyl (C=O) groups excluding carboxylic acids is 1. The molecule has 0 unspecified atom stereocenters. The van der Waals surface area contributed by atoms with Gasteiger partial charge in [-0.25, -0.2) is 17.8 Å². The lowest BCUT2D eigenvalue weighted by molar-refractivity contribution is 0.102. The molecule has 1 aliphatic carbocycles. The van der Waals surface area contributed by atoms with Crippen molar-refractivity contribution < 1.29 is 22.3 Å². The number of halogens is 1. The third kappa shape index (κ3) is 4.74. The highest BCUT2D eigenvalue weighted by molar-refractivity contribution is 7.91. The summed E-state index contributed by atoms with van der Waals surface area (Å²) >= 11 is 0. The van der Waals surface area contributed by atoms with Crippen LogP contribution in [0.4, 0.5) is 10.1 Å². The zero-order valence-corrected chi connectivity index (χ0v) is 17.4. The minimum atomic E-state index is -3.87. The Kier molecular flexibility index (Phi) is 5.99. The molecular weight excluding hydrogens is 419 g/mol. The molecule has 0 bridgehead atoms. The van der Waals surface area contributed by atoms with Gasteiger partial charge >= 0.3 is 0 Å². The maximum atomic E-state index is 14.5. The number of aromatic nitrogens is 1. The first-order valence-corrected chi connectivity index (χ1v) is 11.5. The van der Waals surface area contributed by atoms with Crippen molar-refractivity contribution in [2.24, 2.45) is 0 Å². The Hall–Kier alpha value is -3.26. The van der Waals surface area contributed by atoms with Crippen LogP contribution in [0.3, 0.4) is 0 Å². The standard InChI is InChI=1S/C23H21FN2O4S/c24-20-15-18(30-17-7-1-2-8-17)11-12-21(20)26-23(27)16-6-5-9-19(14-16)31(28,29)22-10-3-4-13-25-22/h3-6,9-15,17H,1-2,7-8H2,(H,26,27). The lowest BCUT2D eigenvalue weighted by atomic mass is 10.2. The van der Waals surface area contributed by atoms with Gasteiger partial charge in [0.15, 0.2) is 5.03 Å². The quantitative estimate of drug-likeness (QED) is 0.604. The first-order valence-electron chi connectivity index (χ1n) is 9.97. The van der Waals surface area contributed by atoms with Crippen molar-refractivity contribution in [3.8, 4) is 5.75 Å². The molecule has 1 saturated carbocycles. The van der Waals surface area contributed by atoms with E-state index in [1.54, 1.807) is 18.2 Å². The number of sulfone groups is 1. The number of ether oxygens (including phenoxy) is 1. The van der Waals surface area contributed by atoms with E-state index in [0.29, 0.717) is 5.75 Å². The summed E-state index contributed by atoms with van der Waals surface area (Å²) in [7, 11) is -3.87. The second-order valence-corrected chi connectivity index (χ2v) is 9.22. The summed E-state index contributed by atoms with van der Waals surface area (Å²) in [5, 5.41) is 2.37. The van der Waals surface area contributed by atoms with E-state index in [0.717, 1.165) is 25.7 Å². The summed E-state index contributed by atoms with van der Waals surface area (Å²) in [6.45, 7) is 0. The molecule has 4 rings (SSSR count). The topological polar surface area (TPSA) is 85.4 Å². The van der Waals surface area contributed by atoms with Crippen molar-refractivity contribution in [1.29, 1.82) is 0 Å². The SMILES string of the molecule is O=C(Nc1ccc(OC2CCCC2)cc1F)c1cccc(S(=O)(=O)c2ccccn2)c1. The van der Waals surface area contributed by atoms with Gasteiger partial charge in [-0.1, -0.05) is 12.1 Å². The fraction of sp³-hybridized carbons (Fsp3) is 0.217. The number of benzene rings is 2. The second-order valence-electron chi connectivity index (χ2n) is 7.32. The summed E-state index contributed by atoms with van der Waals surface area (Å²) in [5.41, 5.74) is 0.0736. The number of pyridine rings is 1. The molecule has 0 aliphatic heterocycles. The number of rotatable bonds is 6. The maximum absolute atomic E-state index is 14.5. The number of hydrogen-bond acceptors (Lipinski definition) is 5. The van der Waals surface area contributed by atoms with Gasteiger partial charge in [0.1, 0.15) is 11.6 Å². The van der Waals surface area contributed by atoms with Crippen molar-refractivity contribution in [3.05, 3.63) is 78.2 Å². The Balaban J connectivity index is 1.51. The van der Waals surface area contributed by atoms with Crippen LogP contribution in [0.5, 0.6) is 5.75 Å². The van der Waals surface area contributed by atoms with Gasteiger partial charge in [-0.3, -0.25) is 4.79 Å². The van der Waals surface area contributed by atoms with E-state index < -0.39 is 21.6 Å². The van der Waals surface area contributed by atoms with Crippen molar-refractivity contribution in [1.82, 2.24) is 4.98 Å². The monoisotopic (exact) mass is 440 g/mol. The van der Waals surface area contributed by atoms with Gasteiger partial charge < -0.3 is 10.1 Å². The van der Waals surface area contributed by atoms with Crippen LogP contribution >= 0.6 is 0 Å². The van der Waals surface area contributed by atoms with Crippen molar-refractivity contribution in [2.75, 3.05) is 5.32 Å². The largest absolute Gasteiger partial charge is 0.490 e. The summed E-state index contributed by atoms with van der Waals surface area (Å²) in [5.74, 6) is -0.826. The van der Waals surface area contributed by atoms with Crippen LogP contribution in [0.15, 0.2) is 76.8 Å². The minimum absolute atomic E-state index is 0.0123. The van der Waals surface area contributed by atoms with Crippen LogP contribution < -0.4 is 10.1 Å². The predicted octanol–water partition coefficient (Wildman–Crippen LogP) is 4.63. The van der Waals surface area contributed by atoms with Crippen LogP contribution in [0.2, 0.25) is 0 Å². The van der Waals surface area contributed by atoms with E-state index in [2.05, 4.69) is 10.3 Å². The van der Waals surface area contributed by atoms with Crippen LogP contribution in [0.25, 0.3) is 0 Å². The van der Waals surface area contributed by atoms with Gasteiger partial charge in [0.05, 0.1) is 16.7 Å². The molecule has 1 aliphatic rings. The van der Waals surface area contributed by atoms with Gasteiger partial charge in [-0.15, -0.1) is 0 Å². The highest BCUT2D eigenvalue weighted by Gasteiger charge is 2.21. The highest BCUT2D eigenvalue weighted by atomic mass is 32.2. The van der Waals surface area contributed by atoms with Gasteiger partial charge in [0.2, 0.25) is 9.84 Å². The van der Waals surface area contributed by atoms with E-state index in [1.807, 2.05) is 0 Å². The number of nitrogens with one attached hydrogen (secondary N) is 1. The normalized spacial score (nSPS) is 14.4. The fourth-order valence-corrected chi connectivity index (χ4v) is 4.73. The van der Waals surface area contributed by atoms with Crippen molar-refractivity contribution in [3.63, 3.8) is 0 Å². The summed E-state index contributed by atoms with van der Waals surface area (Å²) in [6.07, 6.45) is 5.61.